The molecule has 0 saturated heterocycles. The largest absolute Gasteiger partial charge is 0.354 e. The van der Waals surface area contributed by atoms with Crippen LogP contribution in [0.25, 0.3) is 0 Å². The molecular formula is C20H22F2N2O2. The van der Waals surface area contributed by atoms with Crippen molar-refractivity contribution in [2.24, 2.45) is 5.92 Å². The number of amides is 2. The summed E-state index contributed by atoms with van der Waals surface area (Å²) in [6.07, 6.45) is 0.558. The quantitative estimate of drug-likeness (QED) is 0.797. The Bertz CT molecular complexity index is 743. The smallest absolute Gasteiger partial charge is 0.251 e. The molecule has 0 unspecified atom stereocenters. The Kier molecular flexibility index (Phi) is 6.83. The van der Waals surface area contributed by atoms with E-state index >= 15 is 0 Å². The molecule has 0 heterocycles. The van der Waals surface area contributed by atoms with E-state index in [1.54, 1.807) is 12.1 Å². The average molecular weight is 360 g/mol. The zero-order valence-corrected chi connectivity index (χ0v) is 14.8. The molecule has 6 heteroatoms. The first-order chi connectivity index (χ1) is 12.4. The third kappa shape index (κ3) is 5.65. The molecular weight excluding hydrogens is 338 g/mol. The fourth-order valence-corrected chi connectivity index (χ4v) is 2.45. The highest BCUT2D eigenvalue weighted by atomic mass is 19.1. The second-order valence-electron chi connectivity index (χ2n) is 6.37. The molecule has 0 aliphatic heterocycles. The van der Waals surface area contributed by atoms with Crippen molar-refractivity contribution in [3.8, 4) is 0 Å². The lowest BCUT2D eigenvalue weighted by molar-refractivity contribution is -0.123. The van der Waals surface area contributed by atoms with E-state index in [4.69, 9.17) is 0 Å². The summed E-state index contributed by atoms with van der Waals surface area (Å²) < 4.78 is 25.8. The third-order valence-electron chi connectivity index (χ3n) is 3.97. The van der Waals surface area contributed by atoms with Crippen molar-refractivity contribution >= 4 is 11.8 Å². The van der Waals surface area contributed by atoms with Gasteiger partial charge in [-0.15, -0.1) is 0 Å². The second-order valence-corrected chi connectivity index (χ2v) is 6.37. The Hall–Kier alpha value is -2.76. The van der Waals surface area contributed by atoms with Crippen LogP contribution in [0.15, 0.2) is 48.5 Å². The van der Waals surface area contributed by atoms with E-state index in [2.05, 4.69) is 10.6 Å². The molecule has 2 aromatic rings. The minimum Gasteiger partial charge on any atom is -0.354 e. The van der Waals surface area contributed by atoms with Gasteiger partial charge in [0.05, 0.1) is 0 Å². The molecule has 2 aromatic carbocycles. The van der Waals surface area contributed by atoms with Crippen LogP contribution in [-0.4, -0.2) is 24.4 Å². The molecule has 0 aliphatic rings. The molecule has 26 heavy (non-hydrogen) atoms. The molecule has 0 radical (unpaired) electrons. The fourth-order valence-electron chi connectivity index (χ4n) is 2.45. The zero-order valence-electron chi connectivity index (χ0n) is 14.8. The third-order valence-corrected chi connectivity index (χ3v) is 3.97. The molecule has 2 amide bonds. The van der Waals surface area contributed by atoms with Gasteiger partial charge in [0.1, 0.15) is 17.7 Å². The molecule has 0 aliphatic carbocycles. The van der Waals surface area contributed by atoms with E-state index < -0.39 is 17.8 Å². The van der Waals surface area contributed by atoms with Gasteiger partial charge in [-0.1, -0.05) is 26.0 Å². The first kappa shape index (κ1) is 19.6. The molecule has 0 aromatic heterocycles. The normalized spacial score (nSPS) is 11.9. The lowest BCUT2D eigenvalue weighted by Crippen LogP contribution is -2.50. The van der Waals surface area contributed by atoms with Gasteiger partial charge in [-0.25, -0.2) is 8.78 Å². The van der Waals surface area contributed by atoms with Crippen molar-refractivity contribution < 1.29 is 18.4 Å². The molecule has 0 fully saturated rings. The number of benzene rings is 2. The number of hydrogen-bond donors (Lipinski definition) is 2. The van der Waals surface area contributed by atoms with Crippen LogP contribution in [0.2, 0.25) is 0 Å². The standard InChI is InChI=1S/C20H22F2N2O2/c1-13(2)18(24-19(25)15-5-9-17(22)10-6-15)20(26)23-12-11-14-3-7-16(21)8-4-14/h3-10,13,18H,11-12H2,1-2H3,(H,23,26)(H,24,25)/t18-/m0/s1. The van der Waals surface area contributed by atoms with E-state index in [1.165, 1.54) is 36.4 Å². The first-order valence-electron chi connectivity index (χ1n) is 8.45. The molecule has 1 atom stereocenters. The molecule has 0 bridgehead atoms. The molecule has 0 spiro atoms. The second kappa shape index (κ2) is 9.08. The summed E-state index contributed by atoms with van der Waals surface area (Å²) in [6, 6.07) is 10.5. The topological polar surface area (TPSA) is 58.2 Å². The minimum absolute atomic E-state index is 0.120. The van der Waals surface area contributed by atoms with Gasteiger partial charge in [0.25, 0.3) is 5.91 Å². The van der Waals surface area contributed by atoms with Crippen LogP contribution in [0.5, 0.6) is 0 Å². The summed E-state index contributed by atoms with van der Waals surface area (Å²) in [5, 5.41) is 5.47. The number of rotatable bonds is 7. The van der Waals surface area contributed by atoms with E-state index in [9.17, 15) is 18.4 Å². The highest BCUT2D eigenvalue weighted by Gasteiger charge is 2.24. The summed E-state index contributed by atoms with van der Waals surface area (Å²) >= 11 is 0. The summed E-state index contributed by atoms with van der Waals surface area (Å²) in [5.41, 5.74) is 1.19. The van der Waals surface area contributed by atoms with Crippen molar-refractivity contribution in [3.05, 3.63) is 71.3 Å². The van der Waals surface area contributed by atoms with Gasteiger partial charge in [-0.3, -0.25) is 9.59 Å². The Morgan fingerprint density at radius 1 is 0.923 bits per heavy atom. The van der Waals surface area contributed by atoms with Gasteiger partial charge in [-0.05, 0) is 54.3 Å². The van der Waals surface area contributed by atoms with E-state index in [0.29, 0.717) is 13.0 Å². The number of nitrogens with one attached hydrogen (secondary N) is 2. The molecule has 0 saturated carbocycles. The number of hydrogen-bond acceptors (Lipinski definition) is 2. The number of carbonyl (C=O) groups is 2. The maximum Gasteiger partial charge on any atom is 0.251 e. The Balaban J connectivity index is 1.90. The fraction of sp³-hybridized carbons (Fsp3) is 0.300. The van der Waals surface area contributed by atoms with Gasteiger partial charge in [0.2, 0.25) is 5.91 Å². The van der Waals surface area contributed by atoms with Crippen LogP contribution in [0.4, 0.5) is 8.78 Å². The number of halogens is 2. The Labute approximate surface area is 151 Å². The van der Waals surface area contributed by atoms with Crippen LogP contribution in [0, 0.1) is 17.6 Å². The van der Waals surface area contributed by atoms with Crippen molar-refractivity contribution in [2.75, 3.05) is 6.54 Å². The maximum absolute atomic E-state index is 13.0. The average Bonchev–Trinajstić information content (AvgIpc) is 2.61. The lowest BCUT2D eigenvalue weighted by atomic mass is 10.0. The van der Waals surface area contributed by atoms with Crippen LogP contribution in [0.1, 0.15) is 29.8 Å². The predicted molar refractivity (Wildman–Crippen MR) is 95.6 cm³/mol. The van der Waals surface area contributed by atoms with Crippen molar-refractivity contribution in [3.63, 3.8) is 0 Å². The van der Waals surface area contributed by atoms with E-state index in [1.807, 2.05) is 13.8 Å². The first-order valence-corrected chi connectivity index (χ1v) is 8.45. The monoisotopic (exact) mass is 360 g/mol. The minimum atomic E-state index is -0.708. The van der Waals surface area contributed by atoms with Gasteiger partial charge in [0, 0.05) is 12.1 Å². The van der Waals surface area contributed by atoms with E-state index in [-0.39, 0.29) is 23.2 Å². The SMILES string of the molecule is CC(C)[C@H](NC(=O)c1ccc(F)cc1)C(=O)NCCc1ccc(F)cc1. The van der Waals surface area contributed by atoms with Gasteiger partial charge in [0.15, 0.2) is 0 Å². The predicted octanol–water partition coefficient (Wildman–Crippen LogP) is 3.08. The molecule has 4 nitrogen and oxygen atoms in total. The molecule has 138 valence electrons. The Morgan fingerprint density at radius 2 is 1.46 bits per heavy atom. The van der Waals surface area contributed by atoms with Gasteiger partial charge >= 0.3 is 0 Å². The van der Waals surface area contributed by atoms with E-state index in [0.717, 1.165) is 5.56 Å². The maximum atomic E-state index is 13.0. The zero-order chi connectivity index (χ0) is 19.1. The van der Waals surface area contributed by atoms with Gasteiger partial charge in [-0.2, -0.15) is 0 Å². The van der Waals surface area contributed by atoms with Gasteiger partial charge < -0.3 is 10.6 Å². The van der Waals surface area contributed by atoms with Crippen LogP contribution >= 0.6 is 0 Å². The van der Waals surface area contributed by atoms with Crippen LogP contribution in [0.3, 0.4) is 0 Å². The summed E-state index contributed by atoms with van der Waals surface area (Å²) in [7, 11) is 0. The Morgan fingerprint density at radius 3 is 2.00 bits per heavy atom. The number of carbonyl (C=O) groups excluding carboxylic acids is 2. The van der Waals surface area contributed by atoms with Crippen LogP contribution in [-0.2, 0) is 11.2 Å². The summed E-state index contributed by atoms with van der Waals surface area (Å²) in [4.78, 5) is 24.7. The highest BCUT2D eigenvalue weighted by molar-refractivity contribution is 5.97. The van der Waals surface area contributed by atoms with Crippen molar-refractivity contribution in [1.82, 2.24) is 10.6 Å². The van der Waals surface area contributed by atoms with Crippen LogP contribution < -0.4 is 10.6 Å². The van der Waals surface area contributed by atoms with Crippen molar-refractivity contribution in [1.29, 1.82) is 0 Å². The van der Waals surface area contributed by atoms with Crippen molar-refractivity contribution in [2.45, 2.75) is 26.3 Å². The molecule has 2 N–H and O–H groups in total. The molecule has 2 rings (SSSR count). The summed E-state index contributed by atoms with van der Waals surface area (Å²) in [6.45, 7) is 4.03. The highest BCUT2D eigenvalue weighted by Crippen LogP contribution is 2.07. The summed E-state index contributed by atoms with van der Waals surface area (Å²) in [5.74, 6) is -1.58. The lowest BCUT2D eigenvalue weighted by Gasteiger charge is -2.21.